The molecule has 2 atom stereocenters. The van der Waals surface area contributed by atoms with Crippen LogP contribution >= 0.6 is 23.2 Å². The van der Waals surface area contributed by atoms with E-state index < -0.39 is 17.8 Å². The Balaban J connectivity index is 1.71. The van der Waals surface area contributed by atoms with Gasteiger partial charge in [-0.1, -0.05) is 29.3 Å². The highest BCUT2D eigenvalue weighted by Crippen LogP contribution is 2.42. The highest BCUT2D eigenvalue weighted by atomic mass is 35.5. The third kappa shape index (κ3) is 3.85. The van der Waals surface area contributed by atoms with Gasteiger partial charge in [0.1, 0.15) is 11.6 Å². The third-order valence-electron chi connectivity index (χ3n) is 6.43. The fraction of sp³-hybridized carbons (Fsp3) is 0.524. The molecule has 2 aromatic rings. The predicted molar refractivity (Wildman–Crippen MR) is 118 cm³/mol. The molecular formula is C21H25Cl2FN4O3. The van der Waals surface area contributed by atoms with Crippen molar-refractivity contribution in [1.29, 1.82) is 0 Å². The molecule has 2 aliphatic rings. The summed E-state index contributed by atoms with van der Waals surface area (Å²) in [6.45, 7) is 2.96. The van der Waals surface area contributed by atoms with Gasteiger partial charge in [0, 0.05) is 31.5 Å². The van der Waals surface area contributed by atoms with Crippen molar-refractivity contribution in [3.8, 4) is 5.69 Å². The van der Waals surface area contributed by atoms with E-state index in [2.05, 4.69) is 0 Å². The molecule has 1 spiro atoms. The van der Waals surface area contributed by atoms with Crippen LogP contribution in [0.5, 0.6) is 0 Å². The Morgan fingerprint density at radius 1 is 1.35 bits per heavy atom. The highest BCUT2D eigenvalue weighted by molar-refractivity contribution is 6.43. The van der Waals surface area contributed by atoms with Gasteiger partial charge in [-0.2, -0.15) is 0 Å². The molecular weight excluding hydrogens is 446 g/mol. The number of hydrogen-bond acceptors (Lipinski definition) is 6. The minimum atomic E-state index is -1.44. The number of aliphatic hydroxyl groups excluding tert-OH is 1. The average molecular weight is 471 g/mol. The number of nitrogens with zero attached hydrogens (tertiary/aromatic N) is 3. The number of rotatable bonds is 4. The van der Waals surface area contributed by atoms with Crippen molar-refractivity contribution in [1.82, 2.24) is 9.55 Å². The summed E-state index contributed by atoms with van der Waals surface area (Å²) < 4.78 is 20.4. The van der Waals surface area contributed by atoms with E-state index in [0.717, 1.165) is 0 Å². The minimum absolute atomic E-state index is 0.149. The standard InChI is InChI=1S/C21H25Cl2FN4O3/c1-12-26-19(27-8-6-21(7-9-27)11-31-18(24)17(21)25)13(5-10-29)20(30)28(12)15-4-2-3-14(22)16(15)23/h2-4,17-18,29H,5-11,25H2,1H3/t17-,18-/m1/s1. The summed E-state index contributed by atoms with van der Waals surface area (Å²) in [6, 6.07) is 4.41. The quantitative estimate of drug-likeness (QED) is 0.713. The zero-order valence-corrected chi connectivity index (χ0v) is 18.7. The monoisotopic (exact) mass is 470 g/mol. The van der Waals surface area contributed by atoms with Gasteiger partial charge < -0.3 is 20.5 Å². The fourth-order valence-electron chi connectivity index (χ4n) is 4.55. The smallest absolute Gasteiger partial charge is 0.263 e. The zero-order valence-electron chi connectivity index (χ0n) is 17.2. The number of benzene rings is 1. The molecule has 0 saturated carbocycles. The normalized spacial score (nSPS) is 23.0. The minimum Gasteiger partial charge on any atom is -0.396 e. The van der Waals surface area contributed by atoms with Gasteiger partial charge in [-0.05, 0) is 31.9 Å². The lowest BCUT2D eigenvalue weighted by Gasteiger charge is -2.41. The summed E-state index contributed by atoms with van der Waals surface area (Å²) in [4.78, 5) is 20.2. The van der Waals surface area contributed by atoms with Crippen LogP contribution < -0.4 is 16.2 Å². The van der Waals surface area contributed by atoms with Crippen molar-refractivity contribution in [3.63, 3.8) is 0 Å². The molecule has 2 aliphatic heterocycles. The van der Waals surface area contributed by atoms with Crippen LogP contribution in [0.1, 0.15) is 24.2 Å². The first-order chi connectivity index (χ1) is 14.8. The first kappa shape index (κ1) is 22.5. The lowest BCUT2D eigenvalue weighted by Crippen LogP contribution is -2.51. The van der Waals surface area contributed by atoms with Crippen molar-refractivity contribution >= 4 is 29.0 Å². The summed E-state index contributed by atoms with van der Waals surface area (Å²) >= 11 is 12.5. The largest absolute Gasteiger partial charge is 0.396 e. The van der Waals surface area contributed by atoms with E-state index in [-0.39, 0.29) is 23.6 Å². The molecule has 0 amide bonds. The number of nitrogens with two attached hydrogens (primary N) is 1. The number of aliphatic hydroxyl groups is 1. The molecule has 10 heteroatoms. The number of halogens is 3. The van der Waals surface area contributed by atoms with Gasteiger partial charge >= 0.3 is 0 Å². The molecule has 1 aromatic heterocycles. The van der Waals surface area contributed by atoms with Crippen LogP contribution in [0.25, 0.3) is 5.69 Å². The van der Waals surface area contributed by atoms with Crippen molar-refractivity contribution in [3.05, 3.63) is 50.0 Å². The second-order valence-corrected chi connectivity index (χ2v) is 8.97. The average Bonchev–Trinajstić information content (AvgIpc) is 3.02. The third-order valence-corrected chi connectivity index (χ3v) is 7.24. The van der Waals surface area contributed by atoms with Crippen molar-refractivity contribution in [2.24, 2.45) is 11.1 Å². The Bertz CT molecular complexity index is 1040. The van der Waals surface area contributed by atoms with E-state index >= 15 is 0 Å². The number of aromatic nitrogens is 2. The molecule has 0 radical (unpaired) electrons. The number of aryl methyl sites for hydroxylation is 1. The maximum absolute atomic E-state index is 13.8. The molecule has 0 aliphatic carbocycles. The summed E-state index contributed by atoms with van der Waals surface area (Å²) in [5.41, 5.74) is 6.21. The van der Waals surface area contributed by atoms with Gasteiger partial charge in [0.2, 0.25) is 6.36 Å². The van der Waals surface area contributed by atoms with E-state index in [4.69, 9.17) is 38.7 Å². The maximum atomic E-state index is 13.8. The molecule has 0 unspecified atom stereocenters. The van der Waals surface area contributed by atoms with Crippen molar-refractivity contribution in [2.45, 2.75) is 38.6 Å². The van der Waals surface area contributed by atoms with Crippen LogP contribution in [0.3, 0.4) is 0 Å². The van der Waals surface area contributed by atoms with E-state index in [1.165, 1.54) is 4.57 Å². The van der Waals surface area contributed by atoms with E-state index in [1.54, 1.807) is 25.1 Å². The van der Waals surface area contributed by atoms with Gasteiger partial charge in [-0.25, -0.2) is 9.37 Å². The SMILES string of the molecule is Cc1nc(N2CCC3(CC2)CO[C@@H](F)[C@H]3N)c(CCO)c(=O)n1-c1cccc(Cl)c1Cl. The topological polar surface area (TPSA) is 93.6 Å². The Morgan fingerprint density at radius 3 is 2.68 bits per heavy atom. The Morgan fingerprint density at radius 2 is 2.06 bits per heavy atom. The molecule has 2 fully saturated rings. The molecule has 2 saturated heterocycles. The highest BCUT2D eigenvalue weighted by Gasteiger charge is 2.49. The molecule has 4 rings (SSSR count). The van der Waals surface area contributed by atoms with Crippen LogP contribution in [-0.4, -0.2) is 53.4 Å². The number of piperidine rings is 1. The van der Waals surface area contributed by atoms with Crippen molar-refractivity contribution in [2.75, 3.05) is 31.2 Å². The summed E-state index contributed by atoms with van der Waals surface area (Å²) in [6.07, 6.45) is -0.0202. The lowest BCUT2D eigenvalue weighted by molar-refractivity contribution is 0.0000476. The van der Waals surface area contributed by atoms with Gasteiger partial charge in [0.05, 0.1) is 33.9 Å². The van der Waals surface area contributed by atoms with Crippen molar-refractivity contribution < 1.29 is 14.2 Å². The number of alkyl halides is 1. The first-order valence-electron chi connectivity index (χ1n) is 10.2. The Kier molecular flexibility index (Phi) is 6.29. The summed E-state index contributed by atoms with van der Waals surface area (Å²) in [7, 11) is 0. The molecule has 3 N–H and O–H groups in total. The molecule has 7 nitrogen and oxygen atoms in total. The predicted octanol–water partition coefficient (Wildman–Crippen LogP) is 2.62. The molecule has 3 heterocycles. The number of anilines is 1. The second kappa shape index (κ2) is 8.67. The number of hydrogen-bond donors (Lipinski definition) is 2. The summed E-state index contributed by atoms with van der Waals surface area (Å²) in [5, 5.41) is 10.2. The fourth-order valence-corrected chi connectivity index (χ4v) is 4.93. The molecule has 31 heavy (non-hydrogen) atoms. The van der Waals surface area contributed by atoms with Crippen LogP contribution in [0.15, 0.2) is 23.0 Å². The molecule has 168 valence electrons. The zero-order chi connectivity index (χ0) is 22.3. The van der Waals surface area contributed by atoms with Gasteiger partial charge in [-0.3, -0.25) is 9.36 Å². The van der Waals surface area contributed by atoms with Gasteiger partial charge in [-0.15, -0.1) is 0 Å². The first-order valence-corrected chi connectivity index (χ1v) is 11.0. The van der Waals surface area contributed by atoms with Crippen LogP contribution in [-0.2, 0) is 11.2 Å². The number of ether oxygens (including phenoxy) is 1. The second-order valence-electron chi connectivity index (χ2n) is 8.19. The van der Waals surface area contributed by atoms with E-state index in [9.17, 15) is 14.3 Å². The lowest BCUT2D eigenvalue weighted by atomic mass is 9.74. The van der Waals surface area contributed by atoms with E-state index in [1.807, 2.05) is 4.90 Å². The molecule has 1 aromatic carbocycles. The Labute approximate surface area is 189 Å². The van der Waals surface area contributed by atoms with E-state index in [0.29, 0.717) is 60.5 Å². The Hall–Kier alpha value is -1.71. The van der Waals surface area contributed by atoms with Crippen LogP contribution in [0, 0.1) is 12.3 Å². The molecule has 0 bridgehead atoms. The maximum Gasteiger partial charge on any atom is 0.263 e. The van der Waals surface area contributed by atoms with Crippen LogP contribution in [0.2, 0.25) is 10.0 Å². The summed E-state index contributed by atoms with van der Waals surface area (Å²) in [5.74, 6) is 0.987. The van der Waals surface area contributed by atoms with Crippen LogP contribution in [0.4, 0.5) is 10.2 Å². The van der Waals surface area contributed by atoms with Gasteiger partial charge in [0.15, 0.2) is 0 Å². The van der Waals surface area contributed by atoms with Gasteiger partial charge in [0.25, 0.3) is 5.56 Å².